The number of anilines is 1. The molecule has 2 aliphatic heterocycles. The highest BCUT2D eigenvalue weighted by atomic mass is 32.1. The van der Waals surface area contributed by atoms with E-state index in [1.165, 1.54) is 30.1 Å². The zero-order valence-corrected chi connectivity index (χ0v) is 14.1. The van der Waals surface area contributed by atoms with Crippen LogP contribution in [0.1, 0.15) is 30.3 Å². The van der Waals surface area contributed by atoms with Crippen molar-refractivity contribution in [3.63, 3.8) is 0 Å². The maximum Gasteiger partial charge on any atom is 0.358 e. The molecule has 2 aromatic rings. The molecular weight excluding hydrogens is 310 g/mol. The van der Waals surface area contributed by atoms with E-state index < -0.39 is 0 Å². The predicted molar refractivity (Wildman–Crippen MR) is 92.3 cm³/mol. The summed E-state index contributed by atoms with van der Waals surface area (Å²) in [7, 11) is 0. The van der Waals surface area contributed by atoms with Crippen LogP contribution in [0.15, 0.2) is 18.2 Å². The number of rotatable bonds is 3. The summed E-state index contributed by atoms with van der Waals surface area (Å²) in [6.45, 7) is 5.52. The number of nitrogens with zero attached hydrogens (tertiary/aromatic N) is 2. The molecule has 6 heteroatoms. The lowest BCUT2D eigenvalue weighted by atomic mass is 9.94. The SMILES string of the molecule is CCOC(=O)c1nsc2cc(N3CC4CCCNC4C3)ccc12. The number of piperidine rings is 1. The third kappa shape index (κ3) is 2.70. The maximum atomic E-state index is 11.9. The first-order valence-corrected chi connectivity index (χ1v) is 9.08. The predicted octanol–water partition coefficient (Wildman–Crippen LogP) is 2.66. The van der Waals surface area contributed by atoms with E-state index in [-0.39, 0.29) is 5.97 Å². The highest BCUT2D eigenvalue weighted by Gasteiger charge is 2.34. The summed E-state index contributed by atoms with van der Waals surface area (Å²) in [5.74, 6) is 0.430. The molecular formula is C17H21N3O2S. The molecule has 1 N–H and O–H groups in total. The van der Waals surface area contributed by atoms with Crippen molar-refractivity contribution in [3.05, 3.63) is 23.9 Å². The number of aromatic nitrogens is 1. The van der Waals surface area contributed by atoms with Gasteiger partial charge in [-0.1, -0.05) is 0 Å². The van der Waals surface area contributed by atoms with Crippen molar-refractivity contribution in [2.75, 3.05) is 31.1 Å². The molecule has 0 bridgehead atoms. The third-order valence-electron chi connectivity index (χ3n) is 4.89. The van der Waals surface area contributed by atoms with Crippen LogP contribution in [0.5, 0.6) is 0 Å². The Balaban J connectivity index is 1.59. The van der Waals surface area contributed by atoms with E-state index in [0.717, 1.165) is 35.6 Å². The molecule has 0 aliphatic carbocycles. The summed E-state index contributed by atoms with van der Waals surface area (Å²) < 4.78 is 10.4. The molecule has 2 saturated heterocycles. The van der Waals surface area contributed by atoms with Crippen LogP contribution in [-0.4, -0.2) is 42.6 Å². The highest BCUT2D eigenvalue weighted by molar-refractivity contribution is 7.13. The molecule has 0 amide bonds. The largest absolute Gasteiger partial charge is 0.461 e. The third-order valence-corrected chi connectivity index (χ3v) is 5.70. The van der Waals surface area contributed by atoms with Crippen molar-refractivity contribution in [2.24, 2.45) is 5.92 Å². The Kier molecular flexibility index (Phi) is 3.95. The second-order valence-corrected chi connectivity index (χ2v) is 7.10. The average molecular weight is 331 g/mol. The Bertz CT molecular complexity index is 716. The van der Waals surface area contributed by atoms with Crippen LogP contribution in [0.2, 0.25) is 0 Å². The summed E-state index contributed by atoms with van der Waals surface area (Å²) in [6.07, 6.45) is 2.61. The van der Waals surface area contributed by atoms with E-state index in [4.69, 9.17) is 4.74 Å². The topological polar surface area (TPSA) is 54.5 Å². The summed E-state index contributed by atoms with van der Waals surface area (Å²) in [6, 6.07) is 6.90. The number of carbonyl (C=O) groups excluding carboxylic acids is 1. The van der Waals surface area contributed by atoms with Gasteiger partial charge >= 0.3 is 5.97 Å². The summed E-state index contributed by atoms with van der Waals surface area (Å²) in [5.41, 5.74) is 1.67. The fraction of sp³-hybridized carbons (Fsp3) is 0.529. The van der Waals surface area contributed by atoms with E-state index in [1.54, 1.807) is 0 Å². The van der Waals surface area contributed by atoms with Gasteiger partial charge in [-0.05, 0) is 62.0 Å². The number of hydrogen-bond donors (Lipinski definition) is 1. The van der Waals surface area contributed by atoms with Crippen LogP contribution in [0.4, 0.5) is 5.69 Å². The summed E-state index contributed by atoms with van der Waals surface area (Å²) in [5, 5.41) is 4.53. The lowest BCUT2D eigenvalue weighted by molar-refractivity contribution is 0.0523. The second kappa shape index (κ2) is 6.09. The minimum absolute atomic E-state index is 0.331. The van der Waals surface area contributed by atoms with Gasteiger partial charge in [0, 0.05) is 30.2 Å². The average Bonchev–Trinajstić information content (AvgIpc) is 3.18. The molecule has 2 aliphatic rings. The van der Waals surface area contributed by atoms with Gasteiger partial charge in [0.1, 0.15) is 0 Å². The van der Waals surface area contributed by atoms with Gasteiger partial charge in [-0.3, -0.25) is 0 Å². The Labute approximate surface area is 139 Å². The molecule has 0 radical (unpaired) electrons. The lowest BCUT2D eigenvalue weighted by Gasteiger charge is -2.24. The van der Waals surface area contributed by atoms with Gasteiger partial charge in [-0.15, -0.1) is 0 Å². The number of benzene rings is 1. The minimum Gasteiger partial charge on any atom is -0.461 e. The van der Waals surface area contributed by atoms with Gasteiger partial charge in [-0.25, -0.2) is 4.79 Å². The molecule has 2 unspecified atom stereocenters. The molecule has 3 heterocycles. The molecule has 4 rings (SSSR count). The molecule has 0 saturated carbocycles. The fourth-order valence-corrected chi connectivity index (χ4v) is 4.53. The molecule has 0 spiro atoms. The monoisotopic (exact) mass is 331 g/mol. The highest BCUT2D eigenvalue weighted by Crippen LogP contribution is 2.33. The number of nitrogens with one attached hydrogen (secondary N) is 1. The van der Waals surface area contributed by atoms with Crippen molar-refractivity contribution in [2.45, 2.75) is 25.8 Å². The van der Waals surface area contributed by atoms with Gasteiger partial charge in [0.05, 0.1) is 11.3 Å². The van der Waals surface area contributed by atoms with E-state index in [0.29, 0.717) is 18.3 Å². The Morgan fingerprint density at radius 3 is 3.22 bits per heavy atom. The van der Waals surface area contributed by atoms with Crippen LogP contribution in [0, 0.1) is 5.92 Å². The lowest BCUT2D eigenvalue weighted by Crippen LogP contribution is -2.40. The minimum atomic E-state index is -0.331. The Hall–Kier alpha value is -1.66. The van der Waals surface area contributed by atoms with Crippen molar-refractivity contribution < 1.29 is 9.53 Å². The standard InChI is InChI=1S/C17H21N3O2S/c1-2-22-17(21)16-13-6-5-12(8-15(13)23-19-16)20-9-11-4-3-7-18-14(11)10-20/h5-6,8,11,14,18H,2-4,7,9-10H2,1H3. The summed E-state index contributed by atoms with van der Waals surface area (Å²) in [4.78, 5) is 14.4. The van der Waals surface area contributed by atoms with Gasteiger partial charge in [0.2, 0.25) is 0 Å². The maximum absolute atomic E-state index is 11.9. The normalized spacial score (nSPS) is 24.0. The van der Waals surface area contributed by atoms with E-state index in [2.05, 4.69) is 26.7 Å². The first kappa shape index (κ1) is 14.9. The number of hydrogen-bond acceptors (Lipinski definition) is 6. The smallest absolute Gasteiger partial charge is 0.358 e. The van der Waals surface area contributed by atoms with Crippen LogP contribution in [0.3, 0.4) is 0 Å². The van der Waals surface area contributed by atoms with Crippen molar-refractivity contribution in [1.82, 2.24) is 9.69 Å². The molecule has 2 fully saturated rings. The summed E-state index contributed by atoms with van der Waals surface area (Å²) >= 11 is 1.37. The van der Waals surface area contributed by atoms with E-state index >= 15 is 0 Å². The first-order chi connectivity index (χ1) is 11.3. The van der Waals surface area contributed by atoms with Gasteiger partial charge < -0.3 is 15.0 Å². The van der Waals surface area contributed by atoms with E-state index in [1.807, 2.05) is 13.0 Å². The van der Waals surface area contributed by atoms with Gasteiger partial charge in [-0.2, -0.15) is 4.37 Å². The van der Waals surface area contributed by atoms with Crippen LogP contribution in [-0.2, 0) is 4.74 Å². The first-order valence-electron chi connectivity index (χ1n) is 8.31. The van der Waals surface area contributed by atoms with Gasteiger partial charge in [0.15, 0.2) is 5.69 Å². The van der Waals surface area contributed by atoms with Crippen LogP contribution < -0.4 is 10.2 Å². The molecule has 23 heavy (non-hydrogen) atoms. The fourth-order valence-electron chi connectivity index (χ4n) is 3.73. The molecule has 5 nitrogen and oxygen atoms in total. The van der Waals surface area contributed by atoms with Gasteiger partial charge in [0.25, 0.3) is 0 Å². The molecule has 2 atom stereocenters. The molecule has 1 aromatic carbocycles. The Morgan fingerprint density at radius 2 is 2.39 bits per heavy atom. The number of fused-ring (bicyclic) bond motifs is 2. The molecule has 122 valence electrons. The molecule has 1 aromatic heterocycles. The van der Waals surface area contributed by atoms with E-state index in [9.17, 15) is 4.79 Å². The van der Waals surface area contributed by atoms with Crippen molar-refractivity contribution >= 4 is 33.3 Å². The zero-order valence-electron chi connectivity index (χ0n) is 13.2. The second-order valence-electron chi connectivity index (χ2n) is 6.30. The van der Waals surface area contributed by atoms with Crippen LogP contribution >= 0.6 is 11.5 Å². The number of carbonyl (C=O) groups is 1. The quantitative estimate of drug-likeness (QED) is 0.877. The Morgan fingerprint density at radius 1 is 1.48 bits per heavy atom. The zero-order chi connectivity index (χ0) is 15.8. The number of ether oxygens (including phenoxy) is 1. The number of esters is 1. The van der Waals surface area contributed by atoms with Crippen molar-refractivity contribution in [1.29, 1.82) is 0 Å². The van der Waals surface area contributed by atoms with Crippen molar-refractivity contribution in [3.8, 4) is 0 Å². The van der Waals surface area contributed by atoms with Crippen LogP contribution in [0.25, 0.3) is 10.1 Å².